The second kappa shape index (κ2) is 4.85. The van der Waals surface area contributed by atoms with E-state index < -0.39 is 0 Å². The molecule has 3 rings (SSSR count). The van der Waals surface area contributed by atoms with Crippen molar-refractivity contribution in [1.29, 1.82) is 0 Å². The molecule has 1 aromatic heterocycles. The monoisotopic (exact) mass is 258 g/mol. The minimum absolute atomic E-state index is 0.516. The van der Waals surface area contributed by atoms with Crippen LogP contribution >= 0.6 is 0 Å². The van der Waals surface area contributed by atoms with E-state index in [-0.39, 0.29) is 0 Å². The summed E-state index contributed by atoms with van der Waals surface area (Å²) in [5.41, 5.74) is 9.54. The molecule has 2 N–H and O–H groups in total. The summed E-state index contributed by atoms with van der Waals surface area (Å²) < 4.78 is 2.17. The molecule has 102 valence electrons. The number of likely N-dealkylation sites (tertiary alicyclic amines) is 1. The van der Waals surface area contributed by atoms with E-state index in [2.05, 4.69) is 34.4 Å². The average molecular weight is 258 g/mol. The van der Waals surface area contributed by atoms with E-state index in [1.807, 2.05) is 12.1 Å². The molecule has 0 aliphatic carbocycles. The Bertz CT molecular complexity index is 581. The number of rotatable bonds is 3. The fourth-order valence-electron chi connectivity index (χ4n) is 3.13. The van der Waals surface area contributed by atoms with Gasteiger partial charge in [0.05, 0.1) is 11.0 Å². The van der Waals surface area contributed by atoms with Crippen LogP contribution in [-0.2, 0) is 6.54 Å². The van der Waals surface area contributed by atoms with E-state index in [4.69, 9.17) is 5.73 Å². The first-order valence-corrected chi connectivity index (χ1v) is 7.12. The van der Waals surface area contributed by atoms with E-state index in [0.29, 0.717) is 12.0 Å². The largest absolute Gasteiger partial charge is 0.369 e. The maximum absolute atomic E-state index is 6.10. The van der Waals surface area contributed by atoms with Crippen molar-refractivity contribution < 1.29 is 0 Å². The van der Waals surface area contributed by atoms with Crippen molar-refractivity contribution in [2.24, 2.45) is 0 Å². The summed E-state index contributed by atoms with van der Waals surface area (Å²) in [5.74, 6) is 0.635. The van der Waals surface area contributed by atoms with Gasteiger partial charge in [-0.1, -0.05) is 12.1 Å². The molecule has 19 heavy (non-hydrogen) atoms. The van der Waals surface area contributed by atoms with Crippen molar-refractivity contribution in [2.45, 2.75) is 39.3 Å². The van der Waals surface area contributed by atoms with Crippen molar-refractivity contribution in [3.8, 4) is 0 Å². The summed E-state index contributed by atoms with van der Waals surface area (Å²) >= 11 is 0. The zero-order valence-corrected chi connectivity index (χ0v) is 11.8. The molecule has 1 saturated heterocycles. The highest BCUT2D eigenvalue weighted by atomic mass is 15.2. The zero-order valence-electron chi connectivity index (χ0n) is 11.8. The molecule has 1 atom stereocenters. The summed E-state index contributed by atoms with van der Waals surface area (Å²) in [6.45, 7) is 7.77. The number of imidazole rings is 1. The Morgan fingerprint density at radius 1 is 1.32 bits per heavy atom. The quantitative estimate of drug-likeness (QED) is 0.919. The van der Waals surface area contributed by atoms with E-state index in [1.165, 1.54) is 37.0 Å². The number of aryl methyl sites for hydroxylation is 1. The molecule has 0 amide bonds. The van der Waals surface area contributed by atoms with Gasteiger partial charge in [0.1, 0.15) is 0 Å². The molecule has 0 radical (unpaired) electrons. The second-order valence-corrected chi connectivity index (χ2v) is 5.62. The number of hydrogen-bond donors (Lipinski definition) is 1. The molecular formula is C15H22N4. The highest BCUT2D eigenvalue weighted by molar-refractivity contribution is 5.81. The molecule has 1 aromatic carbocycles. The highest BCUT2D eigenvalue weighted by Crippen LogP contribution is 2.23. The molecule has 1 aliphatic rings. The summed E-state index contributed by atoms with van der Waals surface area (Å²) in [6, 6.07) is 6.72. The van der Waals surface area contributed by atoms with E-state index in [9.17, 15) is 0 Å². The maximum atomic E-state index is 6.10. The predicted molar refractivity (Wildman–Crippen MR) is 79.2 cm³/mol. The minimum atomic E-state index is 0.516. The van der Waals surface area contributed by atoms with Crippen LogP contribution in [0.25, 0.3) is 11.0 Å². The normalized spacial score (nSPS) is 18.2. The van der Waals surface area contributed by atoms with E-state index in [1.54, 1.807) is 0 Å². The lowest BCUT2D eigenvalue weighted by atomic mass is 10.2. The standard InChI is InChI=1S/C15H22N4/c1-11-6-5-7-13-14(11)19(15(16)17-13)10-12(2)18-8-3-4-9-18/h5-7,12H,3-4,8-10H2,1-2H3,(H2,16,17). The van der Waals surface area contributed by atoms with Crippen LogP contribution in [0.1, 0.15) is 25.3 Å². The van der Waals surface area contributed by atoms with Crippen LogP contribution in [0.15, 0.2) is 18.2 Å². The Kier molecular flexibility index (Phi) is 3.19. The van der Waals surface area contributed by atoms with Gasteiger partial charge < -0.3 is 10.3 Å². The number of nitrogens with zero attached hydrogens (tertiary/aromatic N) is 3. The van der Waals surface area contributed by atoms with Crippen LogP contribution in [0.4, 0.5) is 5.95 Å². The van der Waals surface area contributed by atoms with Gasteiger partial charge in [-0.05, 0) is 51.4 Å². The van der Waals surface area contributed by atoms with E-state index >= 15 is 0 Å². The van der Waals surface area contributed by atoms with Crippen LogP contribution in [0.2, 0.25) is 0 Å². The lowest BCUT2D eigenvalue weighted by Crippen LogP contribution is -2.34. The first-order valence-electron chi connectivity index (χ1n) is 7.12. The van der Waals surface area contributed by atoms with Gasteiger partial charge in [0.25, 0.3) is 0 Å². The highest BCUT2D eigenvalue weighted by Gasteiger charge is 2.20. The summed E-state index contributed by atoms with van der Waals surface area (Å²) in [7, 11) is 0. The number of benzene rings is 1. The van der Waals surface area contributed by atoms with Crippen LogP contribution in [0.5, 0.6) is 0 Å². The van der Waals surface area contributed by atoms with Gasteiger partial charge in [-0.15, -0.1) is 0 Å². The molecule has 2 heterocycles. The topological polar surface area (TPSA) is 47.1 Å². The summed E-state index contributed by atoms with van der Waals surface area (Å²) in [5, 5.41) is 0. The lowest BCUT2D eigenvalue weighted by Gasteiger charge is -2.24. The number of anilines is 1. The van der Waals surface area contributed by atoms with Crippen molar-refractivity contribution in [3.63, 3.8) is 0 Å². The fourth-order valence-corrected chi connectivity index (χ4v) is 3.13. The molecule has 1 unspecified atom stereocenters. The Morgan fingerprint density at radius 3 is 2.79 bits per heavy atom. The van der Waals surface area contributed by atoms with Crippen LogP contribution in [0, 0.1) is 6.92 Å². The zero-order chi connectivity index (χ0) is 13.4. The Hall–Kier alpha value is -1.55. The summed E-state index contributed by atoms with van der Waals surface area (Å²) in [6.07, 6.45) is 2.65. The van der Waals surface area contributed by atoms with Crippen LogP contribution < -0.4 is 5.73 Å². The molecule has 0 saturated carbocycles. The number of aromatic nitrogens is 2. The number of hydrogen-bond acceptors (Lipinski definition) is 3. The number of fused-ring (bicyclic) bond motifs is 1. The molecule has 0 spiro atoms. The number of nitrogens with two attached hydrogens (primary N) is 1. The molecule has 1 fully saturated rings. The second-order valence-electron chi connectivity index (χ2n) is 5.62. The smallest absolute Gasteiger partial charge is 0.201 e. The fraction of sp³-hybridized carbons (Fsp3) is 0.533. The average Bonchev–Trinajstić information content (AvgIpc) is 2.99. The molecule has 2 aromatic rings. The third-order valence-corrected chi connectivity index (χ3v) is 4.21. The van der Waals surface area contributed by atoms with Gasteiger partial charge in [-0.2, -0.15) is 0 Å². The predicted octanol–water partition coefficient (Wildman–Crippen LogP) is 2.41. The van der Waals surface area contributed by atoms with Gasteiger partial charge in [-0.25, -0.2) is 4.98 Å². The first kappa shape index (κ1) is 12.5. The molecular weight excluding hydrogens is 236 g/mol. The van der Waals surface area contributed by atoms with Gasteiger partial charge in [0.15, 0.2) is 0 Å². The van der Waals surface area contributed by atoms with E-state index in [0.717, 1.165) is 12.1 Å². The third kappa shape index (κ3) is 2.21. The van der Waals surface area contributed by atoms with Gasteiger partial charge >= 0.3 is 0 Å². The van der Waals surface area contributed by atoms with Gasteiger partial charge in [0, 0.05) is 12.6 Å². The lowest BCUT2D eigenvalue weighted by molar-refractivity contribution is 0.238. The Labute approximate surface area is 114 Å². The number of para-hydroxylation sites is 1. The van der Waals surface area contributed by atoms with Gasteiger partial charge in [0.2, 0.25) is 5.95 Å². The van der Waals surface area contributed by atoms with Crippen LogP contribution in [-0.4, -0.2) is 33.6 Å². The van der Waals surface area contributed by atoms with Crippen LogP contribution in [0.3, 0.4) is 0 Å². The Morgan fingerprint density at radius 2 is 2.05 bits per heavy atom. The Balaban J connectivity index is 1.93. The van der Waals surface area contributed by atoms with Crippen molar-refractivity contribution in [1.82, 2.24) is 14.5 Å². The van der Waals surface area contributed by atoms with Gasteiger partial charge in [-0.3, -0.25) is 4.90 Å². The maximum Gasteiger partial charge on any atom is 0.201 e. The number of nitrogen functional groups attached to an aromatic ring is 1. The minimum Gasteiger partial charge on any atom is -0.369 e. The molecule has 1 aliphatic heterocycles. The third-order valence-electron chi connectivity index (χ3n) is 4.21. The molecule has 4 nitrogen and oxygen atoms in total. The summed E-state index contributed by atoms with van der Waals surface area (Å²) in [4.78, 5) is 7.02. The van der Waals surface area contributed by atoms with Crippen molar-refractivity contribution in [2.75, 3.05) is 18.8 Å². The van der Waals surface area contributed by atoms with Crippen molar-refractivity contribution >= 4 is 17.0 Å². The first-order chi connectivity index (χ1) is 9.16. The SMILES string of the molecule is Cc1cccc2nc(N)n(CC(C)N3CCCC3)c12. The molecule has 4 heteroatoms. The van der Waals surface area contributed by atoms with Crippen molar-refractivity contribution in [3.05, 3.63) is 23.8 Å². The molecule has 0 bridgehead atoms.